The highest BCUT2D eigenvalue weighted by atomic mass is 35.5. The summed E-state index contributed by atoms with van der Waals surface area (Å²) >= 11 is 0. The molecule has 2 fully saturated rings. The molecule has 0 spiro atoms. The molecule has 1 aromatic carbocycles. The third kappa shape index (κ3) is 3.98. The van der Waals surface area contributed by atoms with Gasteiger partial charge in [0.05, 0.1) is 0 Å². The number of amides is 1. The maximum Gasteiger partial charge on any atom is 0.222 e. The number of carbonyl (C=O) groups is 1. The van der Waals surface area contributed by atoms with E-state index in [1.807, 2.05) is 30.1 Å². The first kappa shape index (κ1) is 16.3. The predicted molar refractivity (Wildman–Crippen MR) is 87.7 cm³/mol. The Bertz CT molecular complexity index is 453. The van der Waals surface area contributed by atoms with Gasteiger partial charge >= 0.3 is 0 Å². The Kier molecular flexibility index (Phi) is 5.65. The SMILES string of the molecule is CN(C(=O)CCc1ccccc1)C1CC2CCC(C1)N2.Cl. The smallest absolute Gasteiger partial charge is 0.222 e. The van der Waals surface area contributed by atoms with Crippen LogP contribution in [0.5, 0.6) is 0 Å². The van der Waals surface area contributed by atoms with Crippen LogP contribution < -0.4 is 5.32 Å². The van der Waals surface area contributed by atoms with Gasteiger partial charge in [-0.05, 0) is 37.7 Å². The number of hydrogen-bond donors (Lipinski definition) is 1. The molecule has 3 nitrogen and oxygen atoms in total. The van der Waals surface area contributed by atoms with Gasteiger partial charge in [0.25, 0.3) is 0 Å². The molecule has 2 aliphatic heterocycles. The number of aryl methyl sites for hydroxylation is 1. The number of rotatable bonds is 4. The maximum absolute atomic E-state index is 12.4. The van der Waals surface area contributed by atoms with Gasteiger partial charge in [0.15, 0.2) is 0 Å². The van der Waals surface area contributed by atoms with E-state index in [9.17, 15) is 4.79 Å². The summed E-state index contributed by atoms with van der Waals surface area (Å²) in [5.41, 5.74) is 1.25. The van der Waals surface area contributed by atoms with Crippen molar-refractivity contribution in [3.05, 3.63) is 35.9 Å². The highest BCUT2D eigenvalue weighted by molar-refractivity contribution is 5.85. The van der Waals surface area contributed by atoms with E-state index >= 15 is 0 Å². The van der Waals surface area contributed by atoms with Gasteiger partial charge in [0, 0.05) is 31.6 Å². The van der Waals surface area contributed by atoms with Crippen molar-refractivity contribution in [2.75, 3.05) is 7.05 Å². The van der Waals surface area contributed by atoms with Gasteiger partial charge in [-0.25, -0.2) is 0 Å². The summed E-state index contributed by atoms with van der Waals surface area (Å²) in [4.78, 5) is 14.4. The average molecular weight is 309 g/mol. The number of halogens is 1. The first-order valence-corrected chi connectivity index (χ1v) is 7.78. The van der Waals surface area contributed by atoms with E-state index in [-0.39, 0.29) is 12.4 Å². The van der Waals surface area contributed by atoms with E-state index in [1.165, 1.54) is 18.4 Å². The molecular weight excluding hydrogens is 284 g/mol. The highest BCUT2D eigenvalue weighted by Gasteiger charge is 2.36. The molecule has 0 radical (unpaired) electrons. The van der Waals surface area contributed by atoms with Crippen LogP contribution in [0.3, 0.4) is 0 Å². The number of nitrogens with zero attached hydrogens (tertiary/aromatic N) is 1. The van der Waals surface area contributed by atoms with Crippen molar-refractivity contribution in [2.45, 2.75) is 56.7 Å². The van der Waals surface area contributed by atoms with E-state index in [2.05, 4.69) is 17.4 Å². The van der Waals surface area contributed by atoms with Crippen LogP contribution in [0.4, 0.5) is 0 Å². The van der Waals surface area contributed by atoms with Crippen molar-refractivity contribution >= 4 is 18.3 Å². The van der Waals surface area contributed by atoms with Crippen molar-refractivity contribution in [3.63, 3.8) is 0 Å². The number of nitrogens with one attached hydrogen (secondary N) is 1. The van der Waals surface area contributed by atoms with Crippen LogP contribution in [0.1, 0.15) is 37.7 Å². The standard InChI is InChI=1S/C17H24N2O.ClH/c1-19(16-11-14-8-9-15(12-16)18-14)17(20)10-7-13-5-3-2-4-6-13;/h2-6,14-16,18H,7-12H2,1H3;1H. The fourth-order valence-electron chi connectivity index (χ4n) is 3.62. The zero-order valence-electron chi connectivity index (χ0n) is 12.6. The summed E-state index contributed by atoms with van der Waals surface area (Å²) in [6.45, 7) is 0. The van der Waals surface area contributed by atoms with Crippen LogP contribution in [0.15, 0.2) is 30.3 Å². The molecule has 1 N–H and O–H groups in total. The lowest BCUT2D eigenvalue weighted by Crippen LogP contribution is -2.48. The Hall–Kier alpha value is -1.06. The van der Waals surface area contributed by atoms with Crippen LogP contribution in [0.2, 0.25) is 0 Å². The van der Waals surface area contributed by atoms with Gasteiger partial charge in [-0.3, -0.25) is 4.79 Å². The van der Waals surface area contributed by atoms with E-state index in [1.54, 1.807) is 0 Å². The minimum atomic E-state index is 0. The third-order valence-electron chi connectivity index (χ3n) is 4.86. The summed E-state index contributed by atoms with van der Waals surface area (Å²) in [6, 6.07) is 12.0. The largest absolute Gasteiger partial charge is 0.343 e. The topological polar surface area (TPSA) is 32.3 Å². The summed E-state index contributed by atoms with van der Waals surface area (Å²) < 4.78 is 0. The van der Waals surface area contributed by atoms with Gasteiger partial charge in [-0.2, -0.15) is 0 Å². The van der Waals surface area contributed by atoms with E-state index in [0.717, 1.165) is 19.3 Å². The molecule has 2 unspecified atom stereocenters. The van der Waals surface area contributed by atoms with Crippen LogP contribution in [0, 0.1) is 0 Å². The Morgan fingerprint density at radius 2 is 1.81 bits per heavy atom. The summed E-state index contributed by atoms with van der Waals surface area (Å²) in [6.07, 6.45) is 6.30. The van der Waals surface area contributed by atoms with Gasteiger partial charge in [-0.1, -0.05) is 30.3 Å². The van der Waals surface area contributed by atoms with Gasteiger partial charge in [-0.15, -0.1) is 12.4 Å². The van der Waals surface area contributed by atoms with Crippen LogP contribution in [-0.2, 0) is 11.2 Å². The lowest BCUT2D eigenvalue weighted by molar-refractivity contribution is -0.132. The van der Waals surface area contributed by atoms with Gasteiger partial charge in [0.1, 0.15) is 0 Å². The lowest BCUT2D eigenvalue weighted by atomic mass is 9.98. The number of hydrogen-bond acceptors (Lipinski definition) is 2. The molecule has 1 aromatic rings. The third-order valence-corrected chi connectivity index (χ3v) is 4.86. The molecule has 21 heavy (non-hydrogen) atoms. The maximum atomic E-state index is 12.4. The van der Waals surface area contributed by atoms with Gasteiger partial charge < -0.3 is 10.2 Å². The van der Waals surface area contributed by atoms with E-state index < -0.39 is 0 Å². The Labute approximate surface area is 133 Å². The van der Waals surface area contributed by atoms with Gasteiger partial charge in [0.2, 0.25) is 5.91 Å². The highest BCUT2D eigenvalue weighted by Crippen LogP contribution is 2.29. The molecule has 0 saturated carbocycles. The fraction of sp³-hybridized carbons (Fsp3) is 0.588. The van der Waals surface area contributed by atoms with Crippen LogP contribution >= 0.6 is 12.4 Å². The van der Waals surface area contributed by atoms with Crippen molar-refractivity contribution in [2.24, 2.45) is 0 Å². The van der Waals surface area contributed by atoms with Crippen LogP contribution in [0.25, 0.3) is 0 Å². The molecule has 3 rings (SSSR count). The number of fused-ring (bicyclic) bond motifs is 2. The molecule has 2 bridgehead atoms. The summed E-state index contributed by atoms with van der Waals surface area (Å²) in [5.74, 6) is 0.292. The molecule has 0 aromatic heterocycles. The first-order chi connectivity index (χ1) is 9.72. The molecular formula is C17H25ClN2O. The quantitative estimate of drug-likeness (QED) is 0.927. The normalized spacial score (nSPS) is 27.0. The number of piperidine rings is 1. The molecule has 2 atom stereocenters. The van der Waals surface area contributed by atoms with Crippen molar-refractivity contribution in [3.8, 4) is 0 Å². The van der Waals surface area contributed by atoms with Crippen molar-refractivity contribution in [1.82, 2.24) is 10.2 Å². The second kappa shape index (κ2) is 7.28. The molecule has 2 saturated heterocycles. The first-order valence-electron chi connectivity index (χ1n) is 7.78. The Morgan fingerprint density at radius 1 is 1.19 bits per heavy atom. The Balaban J connectivity index is 0.00000161. The minimum Gasteiger partial charge on any atom is -0.343 e. The second-order valence-corrected chi connectivity index (χ2v) is 6.25. The second-order valence-electron chi connectivity index (χ2n) is 6.25. The number of carbonyl (C=O) groups excluding carboxylic acids is 1. The molecule has 2 aliphatic rings. The zero-order valence-corrected chi connectivity index (χ0v) is 13.4. The Morgan fingerprint density at radius 3 is 2.43 bits per heavy atom. The number of benzene rings is 1. The predicted octanol–water partition coefficient (Wildman–Crippen LogP) is 2.78. The molecule has 4 heteroatoms. The van der Waals surface area contributed by atoms with Crippen molar-refractivity contribution in [1.29, 1.82) is 0 Å². The molecule has 2 heterocycles. The average Bonchev–Trinajstić information content (AvgIpc) is 2.83. The minimum absolute atomic E-state index is 0. The monoisotopic (exact) mass is 308 g/mol. The molecule has 1 amide bonds. The van der Waals surface area contributed by atoms with Crippen LogP contribution in [-0.4, -0.2) is 36.0 Å². The van der Waals surface area contributed by atoms with Crippen molar-refractivity contribution < 1.29 is 4.79 Å². The van der Waals surface area contributed by atoms with E-state index in [4.69, 9.17) is 0 Å². The summed E-state index contributed by atoms with van der Waals surface area (Å²) in [5, 5.41) is 3.63. The molecule has 0 aliphatic carbocycles. The lowest BCUT2D eigenvalue weighted by Gasteiger charge is -2.35. The fourth-order valence-corrected chi connectivity index (χ4v) is 3.62. The van der Waals surface area contributed by atoms with E-state index in [0.29, 0.717) is 30.5 Å². The molecule has 116 valence electrons. The summed E-state index contributed by atoms with van der Waals surface area (Å²) in [7, 11) is 1.99. The zero-order chi connectivity index (χ0) is 13.9.